The van der Waals surface area contributed by atoms with Crippen LogP contribution in [-0.4, -0.2) is 21.5 Å². The van der Waals surface area contributed by atoms with E-state index in [-0.39, 0.29) is 5.91 Å². The molecule has 0 aliphatic heterocycles. The molecule has 1 N–H and O–H groups in total. The number of nitrogens with zero attached hydrogens (tertiary/aromatic N) is 2. The maximum atomic E-state index is 10.5. The number of thioether (sulfide) groups is 1. The lowest BCUT2D eigenvalue weighted by atomic mass is 10.7. The van der Waals surface area contributed by atoms with Crippen molar-refractivity contribution in [2.24, 2.45) is 0 Å². The summed E-state index contributed by atoms with van der Waals surface area (Å²) in [4.78, 5) is 14.5. The first-order valence-corrected chi connectivity index (χ1v) is 4.87. The second kappa shape index (κ2) is 3.68. The Hall–Kier alpha value is -0.620. The summed E-state index contributed by atoms with van der Waals surface area (Å²) in [6.07, 6.45) is 1.91. The van der Waals surface area contributed by atoms with Crippen molar-refractivity contribution in [2.45, 2.75) is 11.3 Å². The largest absolute Gasteiger partial charge is 0.294 e. The monoisotopic (exact) mass is 189 g/mol. The fraction of sp³-hybridized carbons (Fsp3) is 0.400. The molecule has 0 atom stereocenters. The molecular formula is C5H7N3OS2. The lowest BCUT2D eigenvalue weighted by Crippen LogP contribution is -2.06. The molecule has 1 heterocycles. The van der Waals surface area contributed by atoms with Crippen LogP contribution in [0, 0.1) is 0 Å². The Balaban J connectivity index is 2.65. The van der Waals surface area contributed by atoms with Gasteiger partial charge in [-0.15, -0.1) is 0 Å². The third kappa shape index (κ3) is 2.47. The van der Waals surface area contributed by atoms with Gasteiger partial charge in [0.1, 0.15) is 0 Å². The van der Waals surface area contributed by atoms with Crippen molar-refractivity contribution in [3.05, 3.63) is 0 Å². The molecule has 1 rings (SSSR count). The van der Waals surface area contributed by atoms with Gasteiger partial charge < -0.3 is 0 Å². The van der Waals surface area contributed by atoms with Gasteiger partial charge >= 0.3 is 0 Å². The molecule has 1 aromatic heterocycles. The molecule has 1 amide bonds. The van der Waals surface area contributed by atoms with Crippen LogP contribution in [-0.2, 0) is 4.79 Å². The van der Waals surface area contributed by atoms with Crippen LogP contribution >= 0.6 is 23.3 Å². The highest BCUT2D eigenvalue weighted by Crippen LogP contribution is 2.18. The van der Waals surface area contributed by atoms with Gasteiger partial charge in [0.05, 0.1) is 0 Å². The van der Waals surface area contributed by atoms with E-state index in [0.717, 1.165) is 4.34 Å². The minimum atomic E-state index is -0.143. The molecule has 0 fully saturated rings. The minimum Gasteiger partial charge on any atom is -0.294 e. The number of amides is 1. The van der Waals surface area contributed by atoms with Crippen molar-refractivity contribution < 1.29 is 4.79 Å². The number of carbonyl (C=O) groups is 1. The SMILES string of the molecule is CSc1nc(NC(C)=O)ns1. The molecule has 0 bridgehead atoms. The molecule has 0 aliphatic rings. The Morgan fingerprint density at radius 2 is 2.45 bits per heavy atom. The quantitative estimate of drug-likeness (QED) is 0.711. The fourth-order valence-corrected chi connectivity index (χ4v) is 1.47. The number of nitrogens with one attached hydrogen (secondary N) is 1. The second-order valence-electron chi connectivity index (χ2n) is 1.77. The molecular weight excluding hydrogens is 182 g/mol. The molecule has 0 spiro atoms. The van der Waals surface area contributed by atoms with Crippen molar-refractivity contribution in [1.29, 1.82) is 0 Å². The Bertz CT molecular complexity index is 260. The summed E-state index contributed by atoms with van der Waals surface area (Å²) in [6.45, 7) is 1.43. The van der Waals surface area contributed by atoms with Crippen LogP contribution in [0.5, 0.6) is 0 Å². The van der Waals surface area contributed by atoms with E-state index in [1.165, 1.54) is 30.2 Å². The first kappa shape index (κ1) is 8.48. The van der Waals surface area contributed by atoms with Gasteiger partial charge in [0, 0.05) is 6.92 Å². The molecule has 0 saturated heterocycles. The van der Waals surface area contributed by atoms with Crippen molar-refractivity contribution in [2.75, 3.05) is 11.6 Å². The highest BCUT2D eigenvalue weighted by molar-refractivity contribution is 8.00. The summed E-state index contributed by atoms with van der Waals surface area (Å²) >= 11 is 2.79. The zero-order valence-electron chi connectivity index (χ0n) is 6.12. The Kier molecular flexibility index (Phi) is 2.84. The predicted octanol–water partition coefficient (Wildman–Crippen LogP) is 1.22. The Morgan fingerprint density at radius 1 is 1.73 bits per heavy atom. The van der Waals surface area contributed by atoms with E-state index in [9.17, 15) is 4.79 Å². The molecule has 0 saturated carbocycles. The van der Waals surface area contributed by atoms with Crippen LogP contribution < -0.4 is 5.32 Å². The Morgan fingerprint density at radius 3 is 2.91 bits per heavy atom. The van der Waals surface area contributed by atoms with Gasteiger partial charge in [0.25, 0.3) is 0 Å². The standard InChI is InChI=1S/C5H7N3OS2/c1-3(9)6-4-7-5(10-2)11-8-4/h1-2H3,(H,6,8,9). The number of aromatic nitrogens is 2. The van der Waals surface area contributed by atoms with Gasteiger partial charge in [0.15, 0.2) is 4.34 Å². The summed E-state index contributed by atoms with van der Waals surface area (Å²) in [5, 5.41) is 2.50. The van der Waals surface area contributed by atoms with E-state index < -0.39 is 0 Å². The highest BCUT2D eigenvalue weighted by atomic mass is 32.2. The summed E-state index contributed by atoms with van der Waals surface area (Å²) in [5.74, 6) is 0.252. The number of hydrogen-bond donors (Lipinski definition) is 1. The average Bonchev–Trinajstić information content (AvgIpc) is 2.34. The van der Waals surface area contributed by atoms with Gasteiger partial charge in [0.2, 0.25) is 11.9 Å². The minimum absolute atomic E-state index is 0.143. The molecule has 60 valence electrons. The van der Waals surface area contributed by atoms with Crippen molar-refractivity contribution in [3.8, 4) is 0 Å². The summed E-state index contributed by atoms with van der Waals surface area (Å²) < 4.78 is 4.76. The number of hydrogen-bond acceptors (Lipinski definition) is 5. The van der Waals surface area contributed by atoms with Crippen LogP contribution in [0.3, 0.4) is 0 Å². The summed E-state index contributed by atoms with van der Waals surface area (Å²) in [5.41, 5.74) is 0. The molecule has 0 aromatic carbocycles. The summed E-state index contributed by atoms with van der Waals surface area (Å²) in [6, 6.07) is 0. The first-order valence-electron chi connectivity index (χ1n) is 2.87. The first-order chi connectivity index (χ1) is 5.22. The van der Waals surface area contributed by atoms with Gasteiger partial charge in [-0.2, -0.15) is 9.36 Å². The van der Waals surface area contributed by atoms with Gasteiger partial charge in [-0.05, 0) is 17.8 Å². The molecule has 0 unspecified atom stereocenters. The van der Waals surface area contributed by atoms with Gasteiger partial charge in [-0.1, -0.05) is 11.8 Å². The summed E-state index contributed by atoms with van der Waals surface area (Å²) in [7, 11) is 0. The lowest BCUT2D eigenvalue weighted by molar-refractivity contribution is -0.114. The topological polar surface area (TPSA) is 54.9 Å². The van der Waals surface area contributed by atoms with Crippen molar-refractivity contribution >= 4 is 35.1 Å². The highest BCUT2D eigenvalue weighted by Gasteiger charge is 2.02. The molecule has 6 heteroatoms. The van der Waals surface area contributed by atoms with E-state index >= 15 is 0 Å². The van der Waals surface area contributed by atoms with Gasteiger partial charge in [-0.25, -0.2) is 0 Å². The zero-order chi connectivity index (χ0) is 8.27. The molecule has 0 aliphatic carbocycles. The normalized spacial score (nSPS) is 9.64. The molecule has 11 heavy (non-hydrogen) atoms. The van der Waals surface area contributed by atoms with E-state index in [1.54, 1.807) is 0 Å². The van der Waals surface area contributed by atoms with Crippen molar-refractivity contribution in [1.82, 2.24) is 9.36 Å². The number of anilines is 1. The zero-order valence-corrected chi connectivity index (χ0v) is 7.75. The maximum absolute atomic E-state index is 10.5. The maximum Gasteiger partial charge on any atom is 0.242 e. The van der Waals surface area contributed by atoms with Crippen LogP contribution in [0.1, 0.15) is 6.92 Å². The Labute approximate surface area is 72.6 Å². The number of rotatable bonds is 2. The van der Waals surface area contributed by atoms with Crippen LogP contribution in [0.2, 0.25) is 0 Å². The fourth-order valence-electron chi connectivity index (χ4n) is 0.501. The van der Waals surface area contributed by atoms with Gasteiger partial charge in [-0.3, -0.25) is 10.1 Å². The van der Waals surface area contributed by atoms with Crippen LogP contribution in [0.25, 0.3) is 0 Å². The van der Waals surface area contributed by atoms with Crippen LogP contribution in [0.15, 0.2) is 4.34 Å². The van der Waals surface area contributed by atoms with Crippen molar-refractivity contribution in [3.63, 3.8) is 0 Å². The van der Waals surface area contributed by atoms with Crippen LogP contribution in [0.4, 0.5) is 5.95 Å². The molecule has 4 nitrogen and oxygen atoms in total. The van der Waals surface area contributed by atoms with E-state index in [0.29, 0.717) is 5.95 Å². The van der Waals surface area contributed by atoms with E-state index in [4.69, 9.17) is 0 Å². The smallest absolute Gasteiger partial charge is 0.242 e. The van der Waals surface area contributed by atoms with E-state index in [2.05, 4.69) is 14.7 Å². The third-order valence-corrected chi connectivity index (χ3v) is 2.55. The second-order valence-corrected chi connectivity index (χ2v) is 3.57. The molecule has 1 aromatic rings. The molecule has 0 radical (unpaired) electrons. The third-order valence-electron chi connectivity index (χ3n) is 0.870. The average molecular weight is 189 g/mol. The number of carbonyl (C=O) groups excluding carboxylic acids is 1. The lowest BCUT2D eigenvalue weighted by Gasteiger charge is -1.90. The van der Waals surface area contributed by atoms with E-state index in [1.807, 2.05) is 6.26 Å². The predicted molar refractivity (Wildman–Crippen MR) is 46.0 cm³/mol.